The van der Waals surface area contributed by atoms with Crippen LogP contribution in [0.3, 0.4) is 0 Å². The van der Waals surface area contributed by atoms with Crippen LogP contribution in [0.1, 0.15) is 45.1 Å². The minimum absolute atomic E-state index is 0.00159. The highest BCUT2D eigenvalue weighted by atomic mass is 19.3. The van der Waals surface area contributed by atoms with Gasteiger partial charge in [0.1, 0.15) is 5.54 Å². The van der Waals surface area contributed by atoms with Crippen molar-refractivity contribution in [3.63, 3.8) is 0 Å². The molecule has 1 nitrogen and oxygen atoms in total. The molecule has 0 saturated heterocycles. The molecule has 0 bridgehead atoms. The standard InChI is InChI=1S/C16H23F2N/c1-3-19(4-2)15(14-10-6-5-7-11-14)12-8-9-13-16(15,17)18/h5-7,10-11H,3-4,8-9,12-13H2,1-2H3/t15-/m1/s1. The summed E-state index contributed by atoms with van der Waals surface area (Å²) in [7, 11) is 0. The van der Waals surface area contributed by atoms with Crippen LogP contribution in [-0.2, 0) is 5.54 Å². The Hall–Kier alpha value is -0.960. The summed E-state index contributed by atoms with van der Waals surface area (Å²) in [4.78, 5) is 1.95. The van der Waals surface area contributed by atoms with Gasteiger partial charge in [-0.3, -0.25) is 4.90 Å². The van der Waals surface area contributed by atoms with Crippen molar-refractivity contribution in [1.82, 2.24) is 4.90 Å². The minimum Gasteiger partial charge on any atom is -0.289 e. The maximum atomic E-state index is 14.8. The van der Waals surface area contributed by atoms with Crippen LogP contribution in [0, 0.1) is 0 Å². The second-order valence-electron chi connectivity index (χ2n) is 5.31. The van der Waals surface area contributed by atoms with E-state index in [0.717, 1.165) is 12.0 Å². The molecule has 1 aromatic rings. The lowest BCUT2D eigenvalue weighted by Gasteiger charge is -2.51. The number of hydrogen-bond donors (Lipinski definition) is 0. The molecule has 1 saturated carbocycles. The average Bonchev–Trinajstić information content (AvgIpc) is 2.42. The van der Waals surface area contributed by atoms with Gasteiger partial charge in [0.15, 0.2) is 0 Å². The van der Waals surface area contributed by atoms with Gasteiger partial charge < -0.3 is 0 Å². The Kier molecular flexibility index (Phi) is 4.24. The van der Waals surface area contributed by atoms with Gasteiger partial charge in [-0.25, -0.2) is 8.78 Å². The van der Waals surface area contributed by atoms with Gasteiger partial charge in [-0.05, 0) is 31.5 Å². The molecule has 0 unspecified atom stereocenters. The molecular formula is C16H23F2N. The summed E-state index contributed by atoms with van der Waals surface area (Å²) in [6.07, 6.45) is 2.05. The fourth-order valence-corrected chi connectivity index (χ4v) is 3.52. The topological polar surface area (TPSA) is 3.24 Å². The van der Waals surface area contributed by atoms with Crippen LogP contribution < -0.4 is 0 Å². The van der Waals surface area contributed by atoms with Gasteiger partial charge in [0.25, 0.3) is 5.92 Å². The summed E-state index contributed by atoms with van der Waals surface area (Å²) < 4.78 is 29.6. The van der Waals surface area contributed by atoms with Crippen molar-refractivity contribution in [3.8, 4) is 0 Å². The first-order valence-electron chi connectivity index (χ1n) is 7.27. The molecule has 3 heteroatoms. The van der Waals surface area contributed by atoms with Crippen molar-refractivity contribution in [2.75, 3.05) is 13.1 Å². The van der Waals surface area contributed by atoms with E-state index >= 15 is 0 Å². The van der Waals surface area contributed by atoms with Gasteiger partial charge in [0, 0.05) is 6.42 Å². The Morgan fingerprint density at radius 1 is 1.00 bits per heavy atom. The van der Waals surface area contributed by atoms with Gasteiger partial charge in [0.2, 0.25) is 0 Å². The monoisotopic (exact) mass is 267 g/mol. The Balaban J connectivity index is 2.55. The Morgan fingerprint density at radius 2 is 1.58 bits per heavy atom. The molecule has 0 heterocycles. The maximum absolute atomic E-state index is 14.8. The van der Waals surface area contributed by atoms with E-state index < -0.39 is 11.5 Å². The second kappa shape index (κ2) is 5.58. The van der Waals surface area contributed by atoms with Crippen LogP contribution in [-0.4, -0.2) is 23.9 Å². The van der Waals surface area contributed by atoms with Gasteiger partial charge in [-0.2, -0.15) is 0 Å². The van der Waals surface area contributed by atoms with Crippen molar-refractivity contribution in [2.45, 2.75) is 51.0 Å². The first kappa shape index (κ1) is 14.4. The molecule has 0 aliphatic heterocycles. The molecule has 2 rings (SSSR count). The molecule has 1 aromatic carbocycles. The summed E-state index contributed by atoms with van der Waals surface area (Å²) in [5.74, 6) is -2.65. The van der Waals surface area contributed by atoms with Crippen molar-refractivity contribution in [1.29, 1.82) is 0 Å². The van der Waals surface area contributed by atoms with E-state index in [0.29, 0.717) is 25.9 Å². The summed E-state index contributed by atoms with van der Waals surface area (Å²) in [6.45, 7) is 5.25. The number of nitrogens with zero attached hydrogens (tertiary/aromatic N) is 1. The van der Waals surface area contributed by atoms with Gasteiger partial charge in [0.05, 0.1) is 0 Å². The quantitative estimate of drug-likeness (QED) is 0.780. The molecule has 0 amide bonds. The molecule has 0 aromatic heterocycles. The summed E-state index contributed by atoms with van der Waals surface area (Å²) >= 11 is 0. The van der Waals surface area contributed by atoms with Gasteiger partial charge in [-0.1, -0.05) is 50.6 Å². The van der Waals surface area contributed by atoms with Crippen LogP contribution in [0.5, 0.6) is 0 Å². The number of benzene rings is 1. The van der Waals surface area contributed by atoms with Crippen LogP contribution in [0.25, 0.3) is 0 Å². The lowest BCUT2D eigenvalue weighted by atomic mass is 9.72. The number of hydrogen-bond acceptors (Lipinski definition) is 1. The van der Waals surface area contributed by atoms with E-state index in [9.17, 15) is 8.78 Å². The minimum atomic E-state index is -2.65. The van der Waals surface area contributed by atoms with Crippen LogP contribution in [0.2, 0.25) is 0 Å². The van der Waals surface area contributed by atoms with Crippen molar-refractivity contribution < 1.29 is 8.78 Å². The average molecular weight is 267 g/mol. The largest absolute Gasteiger partial charge is 0.289 e. The summed E-state index contributed by atoms with van der Waals surface area (Å²) in [6, 6.07) is 9.34. The Labute approximate surface area is 114 Å². The second-order valence-corrected chi connectivity index (χ2v) is 5.31. The van der Waals surface area contributed by atoms with E-state index in [1.807, 2.05) is 49.1 Å². The van der Waals surface area contributed by atoms with Crippen LogP contribution in [0.15, 0.2) is 30.3 Å². The molecule has 106 valence electrons. The van der Waals surface area contributed by atoms with Crippen molar-refractivity contribution >= 4 is 0 Å². The third-order valence-corrected chi connectivity index (χ3v) is 4.44. The Morgan fingerprint density at radius 3 is 2.11 bits per heavy atom. The third-order valence-electron chi connectivity index (χ3n) is 4.44. The van der Waals surface area contributed by atoms with E-state index in [2.05, 4.69) is 0 Å². The van der Waals surface area contributed by atoms with Crippen LogP contribution >= 0.6 is 0 Å². The molecule has 0 spiro atoms. The molecule has 0 radical (unpaired) electrons. The van der Waals surface area contributed by atoms with Gasteiger partial charge >= 0.3 is 0 Å². The molecule has 19 heavy (non-hydrogen) atoms. The smallest absolute Gasteiger partial charge is 0.270 e. The summed E-state index contributed by atoms with van der Waals surface area (Å²) in [5.41, 5.74) is -0.348. The van der Waals surface area contributed by atoms with E-state index in [4.69, 9.17) is 0 Å². The van der Waals surface area contributed by atoms with Gasteiger partial charge in [-0.15, -0.1) is 0 Å². The number of rotatable bonds is 4. The number of halogens is 2. The normalized spacial score (nSPS) is 26.6. The van der Waals surface area contributed by atoms with E-state index in [1.165, 1.54) is 0 Å². The molecule has 1 atom stereocenters. The van der Waals surface area contributed by atoms with Crippen molar-refractivity contribution in [2.24, 2.45) is 0 Å². The SMILES string of the molecule is CCN(CC)[C@@]1(c2ccccc2)CCCCC1(F)F. The highest BCUT2D eigenvalue weighted by Crippen LogP contribution is 2.51. The van der Waals surface area contributed by atoms with E-state index in [1.54, 1.807) is 0 Å². The summed E-state index contributed by atoms with van der Waals surface area (Å²) in [5, 5.41) is 0. The molecule has 1 aliphatic rings. The molecular weight excluding hydrogens is 244 g/mol. The molecule has 0 N–H and O–H groups in total. The lowest BCUT2D eigenvalue weighted by Crippen LogP contribution is -2.59. The zero-order valence-corrected chi connectivity index (χ0v) is 11.8. The Bertz CT molecular complexity index is 400. The zero-order valence-electron chi connectivity index (χ0n) is 11.8. The highest BCUT2D eigenvalue weighted by molar-refractivity contribution is 5.29. The zero-order chi connectivity index (χ0) is 13.9. The van der Waals surface area contributed by atoms with Crippen molar-refractivity contribution in [3.05, 3.63) is 35.9 Å². The predicted molar refractivity (Wildman–Crippen MR) is 74.5 cm³/mol. The first-order valence-corrected chi connectivity index (χ1v) is 7.27. The fraction of sp³-hybridized carbons (Fsp3) is 0.625. The van der Waals surface area contributed by atoms with E-state index in [-0.39, 0.29) is 6.42 Å². The van der Waals surface area contributed by atoms with Crippen LogP contribution in [0.4, 0.5) is 8.78 Å². The maximum Gasteiger partial charge on any atom is 0.270 e. The third kappa shape index (κ3) is 2.29. The highest BCUT2D eigenvalue weighted by Gasteiger charge is 2.58. The molecule has 1 fully saturated rings. The molecule has 1 aliphatic carbocycles. The number of alkyl halides is 2. The fourth-order valence-electron chi connectivity index (χ4n) is 3.52. The predicted octanol–water partition coefficient (Wildman–Crippen LogP) is 4.43. The lowest BCUT2D eigenvalue weighted by molar-refractivity contribution is -0.173. The first-order chi connectivity index (χ1) is 9.08.